The van der Waals surface area contributed by atoms with E-state index >= 15 is 0 Å². The van der Waals surface area contributed by atoms with Crippen LogP contribution in [-0.4, -0.2) is 27.7 Å². The number of carbonyl (C=O) groups is 1. The molecule has 0 aliphatic heterocycles. The Morgan fingerprint density at radius 3 is 2.14 bits per heavy atom. The maximum absolute atomic E-state index is 11.4. The molecule has 116 valence electrons. The van der Waals surface area contributed by atoms with Gasteiger partial charge in [-0.3, -0.25) is 4.90 Å². The largest absolute Gasteiger partial charge is 0.465 e. The van der Waals surface area contributed by atoms with Crippen molar-refractivity contribution >= 4 is 27.8 Å². The maximum Gasteiger partial charge on any atom is 0.413 e. The predicted octanol–water partition coefficient (Wildman–Crippen LogP) is 4.44. The van der Waals surface area contributed by atoms with Crippen molar-refractivity contribution in [2.45, 2.75) is 20.8 Å². The summed E-state index contributed by atoms with van der Waals surface area (Å²) in [5.74, 6) is 0.427. The van der Waals surface area contributed by atoms with E-state index in [1.165, 1.54) is 4.90 Å². The number of nitrogens with zero attached hydrogens (tertiary/aromatic N) is 3. The lowest BCUT2D eigenvalue weighted by atomic mass is 9.96. The van der Waals surface area contributed by atoms with Gasteiger partial charge >= 0.3 is 6.09 Å². The second-order valence-electron chi connectivity index (χ2n) is 6.20. The van der Waals surface area contributed by atoms with Crippen LogP contribution in [-0.2, 0) is 0 Å². The molecule has 22 heavy (non-hydrogen) atoms. The highest BCUT2D eigenvalue weighted by atomic mass is 79.9. The Balaban J connectivity index is 2.26. The van der Waals surface area contributed by atoms with Crippen molar-refractivity contribution in [3.05, 3.63) is 41.3 Å². The summed E-state index contributed by atoms with van der Waals surface area (Å²) in [6.45, 7) is 6.36. The molecule has 2 rings (SSSR count). The van der Waals surface area contributed by atoms with Crippen molar-refractivity contribution in [3.8, 4) is 11.1 Å². The summed E-state index contributed by atoms with van der Waals surface area (Å²) in [6.07, 6.45) is 2.41. The number of anilines is 1. The van der Waals surface area contributed by atoms with Crippen LogP contribution in [0.4, 0.5) is 10.6 Å². The molecule has 0 saturated heterocycles. The Labute approximate surface area is 138 Å². The monoisotopic (exact) mass is 363 g/mol. The molecule has 0 bridgehead atoms. The van der Waals surface area contributed by atoms with E-state index in [1.54, 1.807) is 18.5 Å². The zero-order valence-corrected chi connectivity index (χ0v) is 14.3. The van der Waals surface area contributed by atoms with Gasteiger partial charge in [-0.25, -0.2) is 14.8 Å². The summed E-state index contributed by atoms with van der Waals surface area (Å²) < 4.78 is 0.767. The van der Waals surface area contributed by atoms with E-state index in [4.69, 9.17) is 0 Å². The van der Waals surface area contributed by atoms with Crippen molar-refractivity contribution in [2.75, 3.05) is 11.4 Å². The summed E-state index contributed by atoms with van der Waals surface area (Å²) in [4.78, 5) is 21.2. The molecule has 0 saturated carbocycles. The lowest BCUT2D eigenvalue weighted by molar-refractivity contribution is 0.198. The summed E-state index contributed by atoms with van der Waals surface area (Å²) in [5.41, 5.74) is 1.68. The normalized spacial score (nSPS) is 11.3. The predicted molar refractivity (Wildman–Crippen MR) is 90.0 cm³/mol. The van der Waals surface area contributed by atoms with Crippen LogP contribution < -0.4 is 4.90 Å². The summed E-state index contributed by atoms with van der Waals surface area (Å²) in [7, 11) is 0. The van der Waals surface area contributed by atoms with Gasteiger partial charge in [0.1, 0.15) is 10.4 Å². The molecule has 0 atom stereocenters. The van der Waals surface area contributed by atoms with Gasteiger partial charge < -0.3 is 5.11 Å². The fourth-order valence-corrected chi connectivity index (χ4v) is 2.22. The lowest BCUT2D eigenvalue weighted by Gasteiger charge is -2.27. The third-order valence-corrected chi connectivity index (χ3v) is 3.42. The smallest absolute Gasteiger partial charge is 0.413 e. The average molecular weight is 364 g/mol. The molecule has 2 aromatic rings. The number of rotatable bonds is 3. The minimum atomic E-state index is -1.000. The fraction of sp³-hybridized carbons (Fsp3) is 0.312. The molecule has 0 fully saturated rings. The molecule has 0 aromatic carbocycles. The average Bonchev–Trinajstić information content (AvgIpc) is 2.45. The van der Waals surface area contributed by atoms with E-state index in [9.17, 15) is 9.90 Å². The van der Waals surface area contributed by atoms with Crippen molar-refractivity contribution in [2.24, 2.45) is 5.41 Å². The highest BCUT2D eigenvalue weighted by Gasteiger charge is 2.22. The minimum absolute atomic E-state index is 0.144. The molecule has 0 radical (unpaired) electrons. The van der Waals surface area contributed by atoms with Crippen LogP contribution >= 0.6 is 15.9 Å². The van der Waals surface area contributed by atoms with E-state index in [0.29, 0.717) is 12.4 Å². The number of hydrogen-bond donors (Lipinski definition) is 1. The number of carboxylic acid groups (broad SMARTS) is 1. The zero-order chi connectivity index (χ0) is 16.3. The van der Waals surface area contributed by atoms with Gasteiger partial charge in [0, 0.05) is 30.1 Å². The molecule has 0 spiro atoms. The third kappa shape index (κ3) is 4.27. The maximum atomic E-state index is 11.4. The number of hydrogen-bond acceptors (Lipinski definition) is 3. The van der Waals surface area contributed by atoms with Gasteiger partial charge in [-0.15, -0.1) is 0 Å². The molecular weight excluding hydrogens is 346 g/mol. The van der Waals surface area contributed by atoms with Crippen LogP contribution in [0.2, 0.25) is 0 Å². The van der Waals surface area contributed by atoms with Gasteiger partial charge in [0.05, 0.1) is 0 Å². The molecule has 0 aliphatic carbocycles. The van der Waals surface area contributed by atoms with Crippen molar-refractivity contribution < 1.29 is 9.90 Å². The molecule has 1 amide bonds. The number of pyridine rings is 2. The first kappa shape index (κ1) is 16.4. The third-order valence-electron chi connectivity index (χ3n) is 2.95. The standard InChI is InChI=1S/C16H18BrN3O2/c1-16(2,3)10-20(15(21)22)14-7-5-12(9-19-14)11-4-6-13(17)18-8-11/h4-9H,10H2,1-3H3,(H,21,22). The molecule has 6 heteroatoms. The number of halogens is 1. The zero-order valence-electron chi connectivity index (χ0n) is 12.7. The van der Waals surface area contributed by atoms with Gasteiger partial charge in [-0.2, -0.15) is 0 Å². The van der Waals surface area contributed by atoms with Gasteiger partial charge in [-0.05, 0) is 39.5 Å². The topological polar surface area (TPSA) is 66.3 Å². The number of amides is 1. The molecule has 2 aromatic heterocycles. The minimum Gasteiger partial charge on any atom is -0.465 e. The van der Waals surface area contributed by atoms with E-state index in [0.717, 1.165) is 15.7 Å². The van der Waals surface area contributed by atoms with E-state index in [1.807, 2.05) is 39.0 Å². The highest BCUT2D eigenvalue weighted by molar-refractivity contribution is 9.10. The van der Waals surface area contributed by atoms with Crippen LogP contribution in [0.15, 0.2) is 41.3 Å². The van der Waals surface area contributed by atoms with Gasteiger partial charge in [0.25, 0.3) is 0 Å². The summed E-state index contributed by atoms with van der Waals surface area (Å²) >= 11 is 3.29. The molecule has 2 heterocycles. The first-order chi connectivity index (χ1) is 10.3. The second-order valence-corrected chi connectivity index (χ2v) is 7.02. The van der Waals surface area contributed by atoms with Crippen molar-refractivity contribution in [1.29, 1.82) is 0 Å². The van der Waals surface area contributed by atoms with Crippen LogP contribution in [0.25, 0.3) is 11.1 Å². The van der Waals surface area contributed by atoms with Gasteiger partial charge in [-0.1, -0.05) is 26.8 Å². The summed E-state index contributed by atoms with van der Waals surface area (Å²) in [6, 6.07) is 7.35. The SMILES string of the molecule is CC(C)(C)CN(C(=O)O)c1ccc(-c2ccc(Br)nc2)cn1. The molecule has 5 nitrogen and oxygen atoms in total. The first-order valence-corrected chi connectivity index (χ1v) is 7.64. The second kappa shape index (κ2) is 6.44. The number of aromatic nitrogens is 2. The molecule has 1 N–H and O–H groups in total. The first-order valence-electron chi connectivity index (χ1n) is 6.85. The van der Waals surface area contributed by atoms with Crippen LogP contribution in [0, 0.1) is 5.41 Å². The molecule has 0 aliphatic rings. The molecular formula is C16H18BrN3O2. The highest BCUT2D eigenvalue weighted by Crippen LogP contribution is 2.24. The van der Waals surface area contributed by atoms with E-state index in [-0.39, 0.29) is 5.41 Å². The van der Waals surface area contributed by atoms with Gasteiger partial charge in [0.15, 0.2) is 0 Å². The Morgan fingerprint density at radius 2 is 1.73 bits per heavy atom. The Bertz CT molecular complexity index is 649. The Morgan fingerprint density at radius 1 is 1.14 bits per heavy atom. The Kier molecular flexibility index (Phi) is 4.81. The van der Waals surface area contributed by atoms with Crippen LogP contribution in [0.3, 0.4) is 0 Å². The van der Waals surface area contributed by atoms with E-state index in [2.05, 4.69) is 25.9 Å². The molecule has 0 unspecified atom stereocenters. The van der Waals surface area contributed by atoms with Crippen LogP contribution in [0.5, 0.6) is 0 Å². The van der Waals surface area contributed by atoms with Crippen LogP contribution in [0.1, 0.15) is 20.8 Å². The van der Waals surface area contributed by atoms with Crippen molar-refractivity contribution in [3.63, 3.8) is 0 Å². The van der Waals surface area contributed by atoms with Crippen molar-refractivity contribution in [1.82, 2.24) is 9.97 Å². The van der Waals surface area contributed by atoms with Gasteiger partial charge in [0.2, 0.25) is 0 Å². The Hall–Kier alpha value is -1.95. The fourth-order valence-electron chi connectivity index (χ4n) is 1.98. The quantitative estimate of drug-likeness (QED) is 0.818. The lowest BCUT2D eigenvalue weighted by Crippen LogP contribution is -2.37. The summed E-state index contributed by atoms with van der Waals surface area (Å²) in [5, 5.41) is 9.38. The van der Waals surface area contributed by atoms with E-state index < -0.39 is 6.09 Å².